The van der Waals surface area contributed by atoms with Crippen LogP contribution in [0.1, 0.15) is 34.6 Å². The molecule has 4 heterocycles. The molecule has 7 nitrogen and oxygen atoms in total. The van der Waals surface area contributed by atoms with Gasteiger partial charge in [0.05, 0.1) is 17.9 Å². The van der Waals surface area contributed by atoms with Crippen molar-refractivity contribution in [2.24, 2.45) is 5.92 Å². The second-order valence-corrected chi connectivity index (χ2v) is 8.12. The average molecular weight is 395 g/mol. The fraction of sp³-hybridized carbons (Fsp3) is 0.533. The summed E-state index contributed by atoms with van der Waals surface area (Å²) in [5, 5.41) is 10.1. The highest BCUT2D eigenvalue weighted by molar-refractivity contribution is 7.16. The van der Waals surface area contributed by atoms with Gasteiger partial charge >= 0.3 is 0 Å². The van der Waals surface area contributed by atoms with Crippen molar-refractivity contribution in [1.29, 1.82) is 5.26 Å². The van der Waals surface area contributed by atoms with Crippen LogP contribution in [0.3, 0.4) is 0 Å². The Morgan fingerprint density at radius 2 is 2.28 bits per heavy atom. The summed E-state index contributed by atoms with van der Waals surface area (Å²) in [6.45, 7) is 2.41. The summed E-state index contributed by atoms with van der Waals surface area (Å²) in [5.74, 6) is 0.382. The Morgan fingerprint density at radius 1 is 1.40 bits per heavy atom. The molecule has 2 atom stereocenters. The molecule has 0 aromatic carbocycles. The van der Waals surface area contributed by atoms with Crippen molar-refractivity contribution in [3.05, 3.63) is 21.9 Å². The van der Waals surface area contributed by atoms with E-state index in [9.17, 15) is 4.79 Å². The lowest BCUT2D eigenvalue weighted by Gasteiger charge is -2.47. The van der Waals surface area contributed by atoms with E-state index < -0.39 is 0 Å². The van der Waals surface area contributed by atoms with Crippen LogP contribution in [0.5, 0.6) is 0 Å². The summed E-state index contributed by atoms with van der Waals surface area (Å²) in [6.07, 6.45) is 4.50. The second kappa shape index (κ2) is 6.86. The van der Waals surface area contributed by atoms with Crippen molar-refractivity contribution in [3.8, 4) is 6.07 Å². The molecule has 0 saturated carbocycles. The number of halogens is 1. The first kappa shape index (κ1) is 16.7. The zero-order valence-electron chi connectivity index (χ0n) is 13.3. The van der Waals surface area contributed by atoms with Crippen LogP contribution in [-0.2, 0) is 0 Å². The van der Waals surface area contributed by atoms with E-state index in [-0.39, 0.29) is 17.1 Å². The van der Waals surface area contributed by atoms with Gasteiger partial charge in [-0.15, -0.1) is 0 Å². The van der Waals surface area contributed by atoms with Crippen LogP contribution in [0.2, 0.25) is 5.15 Å². The van der Waals surface area contributed by atoms with Crippen molar-refractivity contribution in [2.45, 2.75) is 25.3 Å². The summed E-state index contributed by atoms with van der Waals surface area (Å²) in [6, 6.07) is 2.31. The average Bonchev–Trinajstić information content (AvgIpc) is 3.29. The minimum absolute atomic E-state index is 0.0130. The van der Waals surface area contributed by atoms with Gasteiger partial charge in [0.25, 0.3) is 5.91 Å². The highest BCUT2D eigenvalue weighted by atomic mass is 35.5. The number of thiazole rings is 1. The Kier molecular flexibility index (Phi) is 4.58. The van der Waals surface area contributed by atoms with E-state index in [1.54, 1.807) is 6.20 Å². The lowest BCUT2D eigenvalue weighted by atomic mass is 9.84. The molecule has 1 amide bonds. The van der Waals surface area contributed by atoms with E-state index in [1.807, 2.05) is 4.90 Å². The molecule has 0 spiro atoms. The van der Waals surface area contributed by atoms with Crippen LogP contribution >= 0.6 is 34.7 Å². The largest absolute Gasteiger partial charge is 0.348 e. The molecule has 2 aromatic rings. The second-order valence-electron chi connectivity index (χ2n) is 6.22. The van der Waals surface area contributed by atoms with Crippen molar-refractivity contribution in [3.63, 3.8) is 0 Å². The first-order chi connectivity index (χ1) is 12.2. The minimum atomic E-state index is -0.0130. The number of carbonyl (C=O) groups excluding carboxylic acids is 1. The first-order valence-corrected chi connectivity index (χ1v) is 9.99. The number of fused-ring (bicyclic) bond motifs is 1. The maximum atomic E-state index is 12.7. The highest BCUT2D eigenvalue weighted by Crippen LogP contribution is 2.36. The molecule has 0 radical (unpaired) electrons. The number of hydrogen-bond donors (Lipinski definition) is 0. The summed E-state index contributed by atoms with van der Waals surface area (Å²) >= 11 is 8.41. The standard InChI is InChI=1S/C15H15ClN6OS2/c16-13-12(6-17)24-15(19-13)21-5-3-11-9(8-21)2-1-4-22(11)14(23)10-7-18-25-20-10/h7,9,11H,1-5,8H2. The van der Waals surface area contributed by atoms with Gasteiger partial charge in [0.1, 0.15) is 10.9 Å². The van der Waals surface area contributed by atoms with Gasteiger partial charge in [0.2, 0.25) is 0 Å². The molecular formula is C15H15ClN6OS2. The zero-order valence-corrected chi connectivity index (χ0v) is 15.6. The third kappa shape index (κ3) is 3.10. The zero-order chi connectivity index (χ0) is 17.4. The molecule has 2 aliphatic rings. The SMILES string of the molecule is N#Cc1sc(N2CCC3C(CCCN3C(=O)c3cnsn3)C2)nc1Cl. The molecule has 2 saturated heterocycles. The van der Waals surface area contributed by atoms with E-state index >= 15 is 0 Å². The van der Waals surface area contributed by atoms with Gasteiger partial charge in [-0.3, -0.25) is 4.79 Å². The van der Waals surface area contributed by atoms with Gasteiger partial charge in [-0.05, 0) is 25.2 Å². The van der Waals surface area contributed by atoms with Crippen LogP contribution in [0.25, 0.3) is 0 Å². The molecule has 130 valence electrons. The quantitative estimate of drug-likeness (QED) is 0.778. The molecule has 0 N–H and O–H groups in total. The van der Waals surface area contributed by atoms with Crippen LogP contribution in [-0.4, -0.2) is 50.2 Å². The Morgan fingerprint density at radius 3 is 3.00 bits per heavy atom. The molecule has 0 aliphatic carbocycles. The molecule has 2 aromatic heterocycles. The molecule has 4 rings (SSSR count). The minimum Gasteiger partial charge on any atom is -0.348 e. The van der Waals surface area contributed by atoms with Gasteiger partial charge in [-0.1, -0.05) is 22.9 Å². The third-order valence-corrected chi connectivity index (χ3v) is 6.74. The van der Waals surface area contributed by atoms with E-state index in [0.29, 0.717) is 16.5 Å². The summed E-state index contributed by atoms with van der Waals surface area (Å²) < 4.78 is 8.03. The van der Waals surface area contributed by atoms with E-state index in [4.69, 9.17) is 16.9 Å². The number of amides is 1. The predicted octanol–water partition coefficient (Wildman–Crippen LogP) is 2.65. The van der Waals surface area contributed by atoms with Crippen LogP contribution in [0, 0.1) is 17.2 Å². The van der Waals surface area contributed by atoms with Crippen molar-refractivity contribution < 1.29 is 4.79 Å². The molecule has 10 heteroatoms. The number of likely N-dealkylation sites (tertiary alicyclic amines) is 1. The first-order valence-electron chi connectivity index (χ1n) is 8.07. The number of aromatic nitrogens is 3. The highest BCUT2D eigenvalue weighted by Gasteiger charge is 2.39. The number of anilines is 1. The number of piperidine rings is 2. The van der Waals surface area contributed by atoms with Crippen LogP contribution in [0.15, 0.2) is 6.20 Å². The Hall–Kier alpha value is -1.76. The number of nitriles is 1. The fourth-order valence-electron chi connectivity index (χ4n) is 3.73. The summed E-state index contributed by atoms with van der Waals surface area (Å²) in [7, 11) is 0. The van der Waals surface area contributed by atoms with Crippen molar-refractivity contribution in [2.75, 3.05) is 24.5 Å². The van der Waals surface area contributed by atoms with Gasteiger partial charge in [-0.2, -0.15) is 14.0 Å². The Bertz CT molecular complexity index is 817. The molecular weight excluding hydrogens is 380 g/mol. The molecule has 2 fully saturated rings. The number of carbonyl (C=O) groups is 1. The van der Waals surface area contributed by atoms with Gasteiger partial charge < -0.3 is 9.80 Å². The Labute approximate surface area is 158 Å². The predicted molar refractivity (Wildman–Crippen MR) is 96.1 cm³/mol. The smallest absolute Gasteiger partial charge is 0.275 e. The fourth-order valence-corrected chi connectivity index (χ4v) is 5.22. The third-order valence-electron chi connectivity index (χ3n) is 4.86. The van der Waals surface area contributed by atoms with E-state index in [1.165, 1.54) is 11.3 Å². The number of nitrogens with zero attached hydrogens (tertiary/aromatic N) is 6. The van der Waals surface area contributed by atoms with Gasteiger partial charge in [0.15, 0.2) is 16.0 Å². The normalized spacial score (nSPS) is 23.2. The molecule has 25 heavy (non-hydrogen) atoms. The lowest BCUT2D eigenvalue weighted by molar-refractivity contribution is 0.0444. The Balaban J connectivity index is 1.50. The number of rotatable bonds is 2. The maximum Gasteiger partial charge on any atom is 0.275 e. The van der Waals surface area contributed by atoms with Crippen molar-refractivity contribution in [1.82, 2.24) is 18.6 Å². The van der Waals surface area contributed by atoms with Crippen LogP contribution in [0.4, 0.5) is 5.13 Å². The maximum absolute atomic E-state index is 12.7. The topological polar surface area (TPSA) is 86.0 Å². The summed E-state index contributed by atoms with van der Waals surface area (Å²) in [4.78, 5) is 21.6. The van der Waals surface area contributed by atoms with Crippen LogP contribution < -0.4 is 4.90 Å². The number of hydrogen-bond acceptors (Lipinski definition) is 8. The molecule has 2 aliphatic heterocycles. The van der Waals surface area contributed by atoms with Crippen molar-refractivity contribution >= 4 is 45.7 Å². The monoisotopic (exact) mass is 394 g/mol. The molecule has 2 unspecified atom stereocenters. The van der Waals surface area contributed by atoms with E-state index in [0.717, 1.165) is 55.8 Å². The lowest BCUT2D eigenvalue weighted by Crippen LogP contribution is -2.55. The summed E-state index contributed by atoms with van der Waals surface area (Å²) in [5.41, 5.74) is 0.443. The van der Waals surface area contributed by atoms with Gasteiger partial charge in [0, 0.05) is 25.7 Å². The van der Waals surface area contributed by atoms with Gasteiger partial charge in [-0.25, -0.2) is 4.98 Å². The van der Waals surface area contributed by atoms with E-state index in [2.05, 4.69) is 24.7 Å². The molecule has 0 bridgehead atoms.